The predicted molar refractivity (Wildman–Crippen MR) is 97.2 cm³/mol. The van der Waals surface area contributed by atoms with Crippen molar-refractivity contribution in [3.05, 3.63) is 40.7 Å². The third kappa shape index (κ3) is 3.60. The molecule has 0 bridgehead atoms. The van der Waals surface area contributed by atoms with E-state index in [0.717, 1.165) is 11.3 Å². The molecular weight excluding hydrogens is 350 g/mol. The molecule has 1 aromatic carbocycles. The van der Waals surface area contributed by atoms with E-state index in [2.05, 4.69) is 5.10 Å². The van der Waals surface area contributed by atoms with E-state index in [1.165, 1.54) is 14.2 Å². The van der Waals surface area contributed by atoms with E-state index in [0.29, 0.717) is 36.6 Å². The van der Waals surface area contributed by atoms with Crippen LogP contribution in [0.2, 0.25) is 0 Å². The number of carbonyl (C=O) groups excluding carboxylic acids is 2. The molecule has 1 amide bonds. The maximum Gasteiger partial charge on any atom is 0.359 e. The number of benzene rings is 1. The number of ether oxygens (including phenoxy) is 3. The van der Waals surface area contributed by atoms with Crippen molar-refractivity contribution >= 4 is 11.9 Å². The van der Waals surface area contributed by atoms with Crippen molar-refractivity contribution in [2.45, 2.75) is 19.9 Å². The minimum atomic E-state index is -0.466. The molecule has 0 aliphatic carbocycles. The molecule has 0 saturated heterocycles. The first-order chi connectivity index (χ1) is 13.0. The molecule has 1 aliphatic heterocycles. The maximum atomic E-state index is 13.0. The first-order valence-electron chi connectivity index (χ1n) is 8.72. The fourth-order valence-corrected chi connectivity index (χ4v) is 3.24. The van der Waals surface area contributed by atoms with Gasteiger partial charge in [-0.05, 0) is 19.1 Å². The van der Waals surface area contributed by atoms with E-state index < -0.39 is 5.97 Å². The number of amides is 1. The summed E-state index contributed by atoms with van der Waals surface area (Å²) in [6, 6.07) is 5.07. The number of methoxy groups -OCH3 is 2. The van der Waals surface area contributed by atoms with Crippen molar-refractivity contribution in [3.8, 4) is 11.5 Å². The van der Waals surface area contributed by atoms with Crippen LogP contribution < -0.4 is 9.47 Å². The largest absolute Gasteiger partial charge is 0.497 e. The van der Waals surface area contributed by atoms with Crippen molar-refractivity contribution in [3.63, 3.8) is 0 Å². The van der Waals surface area contributed by atoms with Gasteiger partial charge in [0.1, 0.15) is 11.5 Å². The van der Waals surface area contributed by atoms with Gasteiger partial charge in [-0.3, -0.25) is 9.48 Å². The molecule has 2 aromatic rings. The molecule has 0 radical (unpaired) electrons. The lowest BCUT2D eigenvalue weighted by Crippen LogP contribution is -2.36. The topological polar surface area (TPSA) is 82.9 Å². The molecule has 27 heavy (non-hydrogen) atoms. The molecule has 2 heterocycles. The number of hydrogen-bond donors (Lipinski definition) is 0. The van der Waals surface area contributed by atoms with E-state index >= 15 is 0 Å². The van der Waals surface area contributed by atoms with Crippen LogP contribution in [0.15, 0.2) is 18.2 Å². The van der Waals surface area contributed by atoms with Crippen LogP contribution in [-0.4, -0.2) is 53.9 Å². The van der Waals surface area contributed by atoms with Gasteiger partial charge in [-0.15, -0.1) is 0 Å². The van der Waals surface area contributed by atoms with E-state index in [1.807, 2.05) is 0 Å². The Labute approximate surface area is 157 Å². The molecule has 144 valence electrons. The zero-order valence-corrected chi connectivity index (χ0v) is 15.9. The van der Waals surface area contributed by atoms with Crippen molar-refractivity contribution in [1.82, 2.24) is 14.7 Å². The molecule has 0 spiro atoms. The van der Waals surface area contributed by atoms with Crippen LogP contribution in [0.25, 0.3) is 0 Å². The van der Waals surface area contributed by atoms with Gasteiger partial charge >= 0.3 is 5.97 Å². The van der Waals surface area contributed by atoms with Crippen molar-refractivity contribution < 1.29 is 23.8 Å². The molecule has 8 nitrogen and oxygen atoms in total. The van der Waals surface area contributed by atoms with Crippen molar-refractivity contribution in [2.24, 2.45) is 7.05 Å². The summed E-state index contributed by atoms with van der Waals surface area (Å²) >= 11 is 0. The molecular formula is C19H23N3O5. The number of hydrogen-bond acceptors (Lipinski definition) is 6. The van der Waals surface area contributed by atoms with Crippen LogP contribution in [0.1, 0.15) is 39.0 Å². The first kappa shape index (κ1) is 18.8. The Balaban J connectivity index is 1.89. The standard InChI is InChI=1S/C19H23N3O5/c1-5-27-19(24)17-15-11-22(7-6-16(15)21(2)20-17)18(23)12-8-13(25-3)10-14(9-12)26-4/h8-10H,5-7,11H2,1-4H3. The van der Waals surface area contributed by atoms with Crippen molar-refractivity contribution in [2.75, 3.05) is 27.4 Å². The summed E-state index contributed by atoms with van der Waals surface area (Å²) < 4.78 is 17.3. The van der Waals surface area contributed by atoms with Crippen LogP contribution in [-0.2, 0) is 24.8 Å². The Hall–Kier alpha value is -3.03. The fraction of sp³-hybridized carbons (Fsp3) is 0.421. The van der Waals surface area contributed by atoms with E-state index in [-0.39, 0.29) is 18.2 Å². The number of aryl methyl sites for hydroxylation is 1. The van der Waals surface area contributed by atoms with E-state index in [9.17, 15) is 9.59 Å². The molecule has 8 heteroatoms. The number of esters is 1. The number of rotatable bonds is 5. The Morgan fingerprint density at radius 2 is 1.81 bits per heavy atom. The highest BCUT2D eigenvalue weighted by Crippen LogP contribution is 2.27. The summed E-state index contributed by atoms with van der Waals surface area (Å²) in [5.41, 5.74) is 2.43. The minimum Gasteiger partial charge on any atom is -0.497 e. The van der Waals surface area contributed by atoms with Crippen LogP contribution in [0.5, 0.6) is 11.5 Å². The number of fused-ring (bicyclic) bond motifs is 1. The van der Waals surface area contributed by atoms with Gasteiger partial charge in [-0.25, -0.2) is 4.79 Å². The SMILES string of the molecule is CCOC(=O)c1nn(C)c2c1CN(C(=O)c1cc(OC)cc(OC)c1)CC2. The van der Waals surface area contributed by atoms with Crippen LogP contribution in [0.3, 0.4) is 0 Å². The minimum absolute atomic E-state index is 0.156. The molecule has 0 N–H and O–H groups in total. The van der Waals surface area contributed by atoms with Gasteiger partial charge in [-0.2, -0.15) is 5.10 Å². The second-order valence-electron chi connectivity index (χ2n) is 6.20. The van der Waals surface area contributed by atoms with Crippen LogP contribution in [0.4, 0.5) is 0 Å². The van der Waals surface area contributed by atoms with Gasteiger partial charge in [0, 0.05) is 42.9 Å². The second-order valence-corrected chi connectivity index (χ2v) is 6.20. The lowest BCUT2D eigenvalue weighted by molar-refractivity contribution is 0.0513. The first-order valence-corrected chi connectivity index (χ1v) is 8.72. The Bertz CT molecular complexity index is 852. The van der Waals surface area contributed by atoms with Gasteiger partial charge in [0.25, 0.3) is 5.91 Å². The summed E-state index contributed by atoms with van der Waals surface area (Å²) in [6.07, 6.45) is 0.616. The number of nitrogens with zero attached hydrogens (tertiary/aromatic N) is 3. The predicted octanol–water partition coefficient (Wildman–Crippen LogP) is 1.81. The number of carbonyl (C=O) groups is 2. The van der Waals surface area contributed by atoms with Gasteiger partial charge < -0.3 is 19.1 Å². The van der Waals surface area contributed by atoms with Gasteiger partial charge in [-0.1, -0.05) is 0 Å². The van der Waals surface area contributed by atoms with Gasteiger partial charge in [0.2, 0.25) is 0 Å². The third-order valence-electron chi connectivity index (χ3n) is 4.60. The average molecular weight is 373 g/mol. The van der Waals surface area contributed by atoms with Crippen LogP contribution >= 0.6 is 0 Å². The quantitative estimate of drug-likeness (QED) is 0.744. The highest BCUT2D eigenvalue weighted by Gasteiger charge is 2.30. The van der Waals surface area contributed by atoms with Crippen LogP contribution in [0, 0.1) is 0 Å². The molecule has 0 unspecified atom stereocenters. The molecule has 0 saturated carbocycles. The Morgan fingerprint density at radius 3 is 2.41 bits per heavy atom. The normalized spacial score (nSPS) is 13.1. The molecule has 1 aromatic heterocycles. The summed E-state index contributed by atoms with van der Waals surface area (Å²) in [5.74, 6) is 0.469. The second kappa shape index (κ2) is 7.69. The Morgan fingerprint density at radius 1 is 1.15 bits per heavy atom. The lowest BCUT2D eigenvalue weighted by atomic mass is 10.0. The molecule has 0 atom stereocenters. The van der Waals surface area contributed by atoms with Crippen molar-refractivity contribution in [1.29, 1.82) is 0 Å². The number of aromatic nitrogens is 2. The molecule has 0 fully saturated rings. The Kier molecular flexibility index (Phi) is 5.34. The van der Waals surface area contributed by atoms with Gasteiger partial charge in [0.15, 0.2) is 5.69 Å². The average Bonchev–Trinajstić information content (AvgIpc) is 3.03. The summed E-state index contributed by atoms with van der Waals surface area (Å²) in [4.78, 5) is 26.9. The smallest absolute Gasteiger partial charge is 0.359 e. The van der Waals surface area contributed by atoms with E-state index in [1.54, 1.807) is 41.8 Å². The summed E-state index contributed by atoms with van der Waals surface area (Å²) in [6.45, 7) is 2.86. The zero-order chi connectivity index (χ0) is 19.6. The zero-order valence-electron chi connectivity index (χ0n) is 15.9. The maximum absolute atomic E-state index is 13.0. The third-order valence-corrected chi connectivity index (χ3v) is 4.60. The monoisotopic (exact) mass is 373 g/mol. The molecule has 3 rings (SSSR count). The van der Waals surface area contributed by atoms with E-state index in [4.69, 9.17) is 14.2 Å². The highest BCUT2D eigenvalue weighted by atomic mass is 16.5. The highest BCUT2D eigenvalue weighted by molar-refractivity contribution is 5.96. The summed E-state index contributed by atoms with van der Waals surface area (Å²) in [5, 5.41) is 4.30. The lowest BCUT2D eigenvalue weighted by Gasteiger charge is -2.28. The van der Waals surface area contributed by atoms with Gasteiger partial charge in [0.05, 0.1) is 27.4 Å². The molecule has 1 aliphatic rings. The fourth-order valence-electron chi connectivity index (χ4n) is 3.24. The summed E-state index contributed by atoms with van der Waals surface area (Å²) in [7, 11) is 4.88.